The Bertz CT molecular complexity index is 622. The number of imide groups is 1. The second-order valence-corrected chi connectivity index (χ2v) is 7.64. The quantitative estimate of drug-likeness (QED) is 0.471. The summed E-state index contributed by atoms with van der Waals surface area (Å²) in [5.74, 6) is 0.734. The summed E-state index contributed by atoms with van der Waals surface area (Å²) in [6, 6.07) is 4.28. The molecule has 3 rings (SSSR count). The van der Waals surface area contributed by atoms with Gasteiger partial charge in [-0.3, -0.25) is 24.4 Å². The van der Waals surface area contributed by atoms with E-state index in [2.05, 4.69) is 37.6 Å². The molecule has 0 bridgehead atoms. The van der Waals surface area contributed by atoms with Crippen LogP contribution in [0.15, 0.2) is 22.5 Å². The number of carbonyl (C=O) groups excluding carboxylic acids is 2. The van der Waals surface area contributed by atoms with Gasteiger partial charge in [-0.05, 0) is 17.9 Å². The summed E-state index contributed by atoms with van der Waals surface area (Å²) in [6.07, 6.45) is 1.64. The molecule has 0 atom stereocenters. The van der Waals surface area contributed by atoms with E-state index >= 15 is 0 Å². The molecule has 0 unspecified atom stereocenters. The lowest BCUT2D eigenvalue weighted by Gasteiger charge is -2.36. The fourth-order valence-corrected chi connectivity index (χ4v) is 4.15. The Morgan fingerprint density at radius 3 is 2.54 bits per heavy atom. The minimum Gasteiger partial charge on any atom is -0.354 e. The Hall–Kier alpha value is -1.93. The molecule has 2 saturated heterocycles. The molecule has 0 saturated carbocycles. The number of aliphatic imine (C=N–C) groups is 1. The van der Waals surface area contributed by atoms with Crippen LogP contribution in [0, 0.1) is 0 Å². The van der Waals surface area contributed by atoms with Gasteiger partial charge in [0, 0.05) is 70.6 Å². The average molecular weight is 378 g/mol. The number of thiophene rings is 1. The monoisotopic (exact) mass is 377 g/mol. The van der Waals surface area contributed by atoms with Gasteiger partial charge >= 0.3 is 0 Å². The average Bonchev–Trinajstić information content (AvgIpc) is 3.15. The maximum Gasteiger partial charge on any atom is 0.229 e. The highest BCUT2D eigenvalue weighted by Gasteiger charge is 2.25. The minimum absolute atomic E-state index is 0.0553. The van der Waals surface area contributed by atoms with Crippen molar-refractivity contribution in [3.05, 3.63) is 22.4 Å². The number of nitrogens with one attached hydrogen (secondary N) is 1. The number of hydrogen-bond acceptors (Lipinski definition) is 5. The maximum absolute atomic E-state index is 11.9. The zero-order valence-corrected chi connectivity index (χ0v) is 16.1. The number of likely N-dealkylation sites (tertiary alicyclic amines) is 1. The Morgan fingerprint density at radius 2 is 1.92 bits per heavy atom. The smallest absolute Gasteiger partial charge is 0.229 e. The topological polar surface area (TPSA) is 68.2 Å². The van der Waals surface area contributed by atoms with Gasteiger partial charge < -0.3 is 10.2 Å². The molecule has 3 heterocycles. The Kier molecular flexibility index (Phi) is 6.62. The predicted octanol–water partition coefficient (Wildman–Crippen LogP) is 0.980. The normalized spacial score (nSPS) is 20.0. The first-order valence-corrected chi connectivity index (χ1v) is 10.1. The molecule has 0 aliphatic carbocycles. The number of piperidine rings is 1. The van der Waals surface area contributed by atoms with E-state index in [0.29, 0.717) is 32.4 Å². The van der Waals surface area contributed by atoms with E-state index in [1.54, 1.807) is 18.4 Å². The molecule has 1 N–H and O–H groups in total. The summed E-state index contributed by atoms with van der Waals surface area (Å²) in [5.41, 5.74) is 0. The third kappa shape index (κ3) is 4.82. The number of nitrogens with zero attached hydrogens (tertiary/aromatic N) is 4. The number of hydrogen-bond donors (Lipinski definition) is 1. The van der Waals surface area contributed by atoms with Crippen LogP contribution in [0.2, 0.25) is 0 Å². The van der Waals surface area contributed by atoms with E-state index in [4.69, 9.17) is 0 Å². The van der Waals surface area contributed by atoms with E-state index in [1.807, 2.05) is 0 Å². The third-order valence-corrected chi connectivity index (χ3v) is 5.71. The Labute approximate surface area is 158 Å². The molecule has 0 aromatic carbocycles. The van der Waals surface area contributed by atoms with E-state index in [-0.39, 0.29) is 11.8 Å². The molecule has 2 aliphatic heterocycles. The van der Waals surface area contributed by atoms with E-state index in [0.717, 1.165) is 38.7 Å². The molecule has 2 fully saturated rings. The number of piperazine rings is 1. The van der Waals surface area contributed by atoms with Crippen molar-refractivity contribution >= 4 is 29.1 Å². The van der Waals surface area contributed by atoms with Crippen LogP contribution < -0.4 is 5.32 Å². The number of carbonyl (C=O) groups is 2. The van der Waals surface area contributed by atoms with Crippen molar-refractivity contribution < 1.29 is 9.59 Å². The highest BCUT2D eigenvalue weighted by Crippen LogP contribution is 2.14. The van der Waals surface area contributed by atoms with Crippen LogP contribution in [0.4, 0.5) is 0 Å². The molecular formula is C18H27N5O2S. The number of guanidine groups is 1. The molecular weight excluding hydrogens is 350 g/mol. The lowest BCUT2D eigenvalue weighted by atomic mass is 10.1. The first kappa shape index (κ1) is 18.8. The zero-order chi connectivity index (χ0) is 18.4. The van der Waals surface area contributed by atoms with Gasteiger partial charge in [-0.15, -0.1) is 11.3 Å². The van der Waals surface area contributed by atoms with Gasteiger partial charge in [0.25, 0.3) is 0 Å². The molecule has 1 aromatic heterocycles. The van der Waals surface area contributed by atoms with Crippen LogP contribution >= 0.6 is 11.3 Å². The minimum atomic E-state index is -0.0553. The predicted molar refractivity (Wildman–Crippen MR) is 103 cm³/mol. The van der Waals surface area contributed by atoms with Crippen LogP contribution in [0.5, 0.6) is 0 Å². The van der Waals surface area contributed by atoms with Crippen LogP contribution in [0.25, 0.3) is 0 Å². The van der Waals surface area contributed by atoms with Gasteiger partial charge in [-0.2, -0.15) is 0 Å². The summed E-state index contributed by atoms with van der Waals surface area (Å²) in [7, 11) is 1.78. The van der Waals surface area contributed by atoms with Gasteiger partial charge in [-0.1, -0.05) is 6.07 Å². The molecule has 0 radical (unpaired) electrons. The van der Waals surface area contributed by atoms with E-state index < -0.39 is 0 Å². The molecule has 8 heteroatoms. The molecule has 0 spiro atoms. The summed E-state index contributed by atoms with van der Waals surface area (Å²) in [5, 5.41) is 5.42. The molecule has 26 heavy (non-hydrogen) atoms. The summed E-state index contributed by atoms with van der Waals surface area (Å²) in [6.45, 7) is 5.81. The SMILES string of the molecule is CN=C(NCCN1C(=O)CCCC1=O)N1CCN(Cc2cccs2)CC1. The summed E-state index contributed by atoms with van der Waals surface area (Å²) < 4.78 is 0. The van der Waals surface area contributed by atoms with Gasteiger partial charge in [0.2, 0.25) is 11.8 Å². The second kappa shape index (κ2) is 9.14. The highest BCUT2D eigenvalue weighted by atomic mass is 32.1. The van der Waals surface area contributed by atoms with Crippen molar-refractivity contribution in [1.82, 2.24) is 20.0 Å². The largest absolute Gasteiger partial charge is 0.354 e. The van der Waals surface area contributed by atoms with Crippen LogP contribution in [-0.4, -0.2) is 78.8 Å². The van der Waals surface area contributed by atoms with Crippen molar-refractivity contribution in [3.63, 3.8) is 0 Å². The second-order valence-electron chi connectivity index (χ2n) is 6.61. The first-order valence-electron chi connectivity index (χ1n) is 9.21. The lowest BCUT2D eigenvalue weighted by Crippen LogP contribution is -2.53. The van der Waals surface area contributed by atoms with Crippen LogP contribution in [0.3, 0.4) is 0 Å². The van der Waals surface area contributed by atoms with Gasteiger partial charge in [0.1, 0.15) is 0 Å². The first-order chi connectivity index (χ1) is 12.7. The third-order valence-electron chi connectivity index (χ3n) is 4.85. The van der Waals surface area contributed by atoms with Crippen LogP contribution in [-0.2, 0) is 16.1 Å². The fourth-order valence-electron chi connectivity index (χ4n) is 3.40. The zero-order valence-electron chi connectivity index (χ0n) is 15.3. The Balaban J connectivity index is 1.42. The van der Waals surface area contributed by atoms with Gasteiger partial charge in [-0.25, -0.2) is 0 Å². The summed E-state index contributed by atoms with van der Waals surface area (Å²) in [4.78, 5) is 35.5. The van der Waals surface area contributed by atoms with Crippen molar-refractivity contribution in [1.29, 1.82) is 0 Å². The lowest BCUT2D eigenvalue weighted by molar-refractivity contribution is -0.147. The number of rotatable bonds is 5. The summed E-state index contributed by atoms with van der Waals surface area (Å²) >= 11 is 1.80. The molecule has 7 nitrogen and oxygen atoms in total. The van der Waals surface area contributed by atoms with Gasteiger partial charge in [0.15, 0.2) is 5.96 Å². The van der Waals surface area contributed by atoms with E-state index in [9.17, 15) is 9.59 Å². The van der Waals surface area contributed by atoms with Crippen molar-refractivity contribution in [2.45, 2.75) is 25.8 Å². The highest BCUT2D eigenvalue weighted by molar-refractivity contribution is 7.09. The van der Waals surface area contributed by atoms with Crippen LogP contribution in [0.1, 0.15) is 24.1 Å². The standard InChI is InChI=1S/C18H27N5O2S/c1-19-18(20-7-8-23-16(24)5-2-6-17(23)25)22-11-9-21(10-12-22)14-15-4-3-13-26-15/h3-4,13H,2,5-12,14H2,1H3,(H,19,20). The van der Waals surface area contributed by atoms with Crippen molar-refractivity contribution in [2.75, 3.05) is 46.3 Å². The molecule has 1 aromatic rings. The molecule has 142 valence electrons. The molecule has 2 amide bonds. The number of amides is 2. The van der Waals surface area contributed by atoms with Crippen molar-refractivity contribution in [2.24, 2.45) is 4.99 Å². The fraction of sp³-hybridized carbons (Fsp3) is 0.611. The van der Waals surface area contributed by atoms with Crippen molar-refractivity contribution in [3.8, 4) is 0 Å². The molecule has 2 aliphatic rings. The maximum atomic E-state index is 11.9. The van der Waals surface area contributed by atoms with E-state index in [1.165, 1.54) is 9.78 Å². The van der Waals surface area contributed by atoms with Gasteiger partial charge in [0.05, 0.1) is 0 Å². The Morgan fingerprint density at radius 1 is 1.19 bits per heavy atom.